The number of hydrogen-bond acceptors (Lipinski definition) is 9. The number of ether oxygens (including phenoxy) is 2. The molecule has 1 saturated heterocycles. The molecule has 13 heteroatoms. The fourth-order valence-corrected chi connectivity index (χ4v) is 7.46. The van der Waals surface area contributed by atoms with E-state index in [4.69, 9.17) is 42.6 Å². The SMILES string of the molecule is COc1nc(-c2cccc(-c3ccnc(-c4cc(OC)c5nc(CN[C@H]6C[C@](C)(O)C6)cn5c4)c3Cl)c2Cl)ccc1CNC[C@@H]1CCC(=O)N1. The fourth-order valence-electron chi connectivity index (χ4n) is 6.81. The molecule has 0 bridgehead atoms. The Morgan fingerprint density at radius 1 is 1.02 bits per heavy atom. The maximum absolute atomic E-state index is 11.5. The lowest BCUT2D eigenvalue weighted by Crippen LogP contribution is -2.51. The minimum atomic E-state index is -0.591. The maximum atomic E-state index is 11.5. The number of imidazole rings is 1. The molecule has 1 aromatic carbocycles. The Kier molecular flexibility index (Phi) is 9.69. The van der Waals surface area contributed by atoms with Crippen LogP contribution in [0, 0.1) is 0 Å². The van der Waals surface area contributed by atoms with Crippen LogP contribution in [0.2, 0.25) is 10.0 Å². The van der Waals surface area contributed by atoms with E-state index >= 15 is 0 Å². The van der Waals surface area contributed by atoms with Crippen molar-refractivity contribution in [2.45, 2.75) is 63.4 Å². The summed E-state index contributed by atoms with van der Waals surface area (Å²) in [5.74, 6) is 1.18. The van der Waals surface area contributed by atoms with Crippen molar-refractivity contribution in [2.75, 3.05) is 20.8 Å². The van der Waals surface area contributed by atoms with Crippen molar-refractivity contribution in [3.8, 4) is 45.3 Å². The third-order valence-corrected chi connectivity index (χ3v) is 10.2. The molecule has 1 aliphatic heterocycles. The number of fused-ring (bicyclic) bond motifs is 1. The van der Waals surface area contributed by atoms with E-state index in [9.17, 15) is 9.90 Å². The molecule has 0 radical (unpaired) electrons. The van der Waals surface area contributed by atoms with Gasteiger partial charge in [0.2, 0.25) is 11.8 Å². The van der Waals surface area contributed by atoms with Crippen LogP contribution in [-0.4, -0.2) is 68.8 Å². The first-order valence-electron chi connectivity index (χ1n) is 16.6. The Morgan fingerprint density at radius 2 is 1.82 bits per heavy atom. The monoisotopic (exact) mass is 715 g/mol. The minimum Gasteiger partial charge on any atom is -0.493 e. The zero-order chi connectivity index (χ0) is 35.0. The Morgan fingerprint density at radius 3 is 2.56 bits per heavy atom. The van der Waals surface area contributed by atoms with Gasteiger partial charge in [0.25, 0.3) is 0 Å². The molecule has 2 aliphatic rings. The molecule has 0 unspecified atom stereocenters. The number of carbonyl (C=O) groups is 1. The molecule has 5 heterocycles. The molecule has 4 N–H and O–H groups in total. The highest BCUT2D eigenvalue weighted by atomic mass is 35.5. The molecular weight excluding hydrogens is 677 g/mol. The predicted molar refractivity (Wildman–Crippen MR) is 194 cm³/mol. The summed E-state index contributed by atoms with van der Waals surface area (Å²) in [5.41, 5.74) is 6.04. The summed E-state index contributed by atoms with van der Waals surface area (Å²) in [6.07, 6.45) is 8.46. The predicted octanol–water partition coefficient (Wildman–Crippen LogP) is 5.82. The number of pyridine rings is 3. The number of methoxy groups -OCH3 is 2. The van der Waals surface area contributed by atoms with Crippen molar-refractivity contribution < 1.29 is 19.4 Å². The van der Waals surface area contributed by atoms with Crippen LogP contribution < -0.4 is 25.4 Å². The van der Waals surface area contributed by atoms with E-state index in [0.717, 1.165) is 52.8 Å². The largest absolute Gasteiger partial charge is 0.493 e. The van der Waals surface area contributed by atoms with Crippen LogP contribution in [-0.2, 0) is 17.9 Å². The number of carbonyl (C=O) groups excluding carboxylic acids is 1. The summed E-state index contributed by atoms with van der Waals surface area (Å²) >= 11 is 14.2. The lowest BCUT2D eigenvalue weighted by Gasteiger charge is -2.41. The average Bonchev–Trinajstić information content (AvgIpc) is 3.71. The third kappa shape index (κ3) is 7.01. The molecule has 4 aromatic heterocycles. The summed E-state index contributed by atoms with van der Waals surface area (Å²) in [4.78, 5) is 25.8. The van der Waals surface area contributed by atoms with Gasteiger partial charge in [0.05, 0.1) is 46.9 Å². The third-order valence-electron chi connectivity index (χ3n) is 9.38. The Bertz CT molecular complexity index is 2060. The number of nitrogens with one attached hydrogen (secondary N) is 3. The van der Waals surface area contributed by atoms with Crippen molar-refractivity contribution in [3.05, 3.63) is 82.4 Å². The highest BCUT2D eigenvalue weighted by molar-refractivity contribution is 6.39. The molecule has 1 atom stereocenters. The van der Waals surface area contributed by atoms with Crippen LogP contribution >= 0.6 is 23.2 Å². The van der Waals surface area contributed by atoms with Crippen molar-refractivity contribution in [2.24, 2.45) is 0 Å². The lowest BCUT2D eigenvalue weighted by atomic mass is 9.77. The normalized spacial score (nSPS) is 20.2. The van der Waals surface area contributed by atoms with Crippen LogP contribution in [0.4, 0.5) is 0 Å². The molecule has 260 valence electrons. The zero-order valence-corrected chi connectivity index (χ0v) is 29.6. The van der Waals surface area contributed by atoms with E-state index in [-0.39, 0.29) is 18.0 Å². The first kappa shape index (κ1) is 34.2. The molecule has 50 heavy (non-hydrogen) atoms. The molecular formula is C37H39Cl2N7O4. The highest BCUT2D eigenvalue weighted by Crippen LogP contribution is 2.42. The van der Waals surface area contributed by atoms with E-state index in [1.54, 1.807) is 20.4 Å². The summed E-state index contributed by atoms with van der Waals surface area (Å²) in [7, 11) is 3.21. The first-order chi connectivity index (χ1) is 24.1. The number of hydrogen-bond donors (Lipinski definition) is 4. The van der Waals surface area contributed by atoms with Crippen molar-refractivity contribution in [3.63, 3.8) is 0 Å². The van der Waals surface area contributed by atoms with Gasteiger partial charge in [0, 0.05) is 84.5 Å². The van der Waals surface area contributed by atoms with Gasteiger partial charge in [-0.1, -0.05) is 47.5 Å². The molecule has 1 saturated carbocycles. The summed E-state index contributed by atoms with van der Waals surface area (Å²) in [6, 6.07) is 13.8. The van der Waals surface area contributed by atoms with Gasteiger partial charge in [0.15, 0.2) is 11.4 Å². The van der Waals surface area contributed by atoms with Gasteiger partial charge >= 0.3 is 0 Å². The molecule has 5 aromatic rings. The van der Waals surface area contributed by atoms with Crippen molar-refractivity contribution in [1.29, 1.82) is 0 Å². The smallest absolute Gasteiger partial charge is 0.220 e. The highest BCUT2D eigenvalue weighted by Gasteiger charge is 2.37. The van der Waals surface area contributed by atoms with Gasteiger partial charge in [-0.15, -0.1) is 0 Å². The quantitative estimate of drug-likeness (QED) is 0.126. The van der Waals surface area contributed by atoms with Gasteiger partial charge in [-0.05, 0) is 44.4 Å². The lowest BCUT2D eigenvalue weighted by molar-refractivity contribution is -0.119. The summed E-state index contributed by atoms with van der Waals surface area (Å²) < 4.78 is 13.3. The number of amides is 1. The van der Waals surface area contributed by atoms with E-state index in [1.165, 1.54) is 0 Å². The number of rotatable bonds is 12. The second kappa shape index (κ2) is 14.2. The van der Waals surface area contributed by atoms with Crippen LogP contribution in [0.15, 0.2) is 61.1 Å². The van der Waals surface area contributed by atoms with E-state index in [1.807, 2.05) is 66.2 Å². The first-order valence-corrected chi connectivity index (χ1v) is 17.4. The van der Waals surface area contributed by atoms with Gasteiger partial charge in [-0.25, -0.2) is 9.97 Å². The maximum Gasteiger partial charge on any atom is 0.220 e. The van der Waals surface area contributed by atoms with E-state index in [0.29, 0.717) is 64.8 Å². The number of halogens is 2. The molecule has 1 amide bonds. The van der Waals surface area contributed by atoms with Gasteiger partial charge in [0.1, 0.15) is 0 Å². The summed E-state index contributed by atoms with van der Waals surface area (Å²) in [6.45, 7) is 3.65. The molecule has 7 rings (SSSR count). The van der Waals surface area contributed by atoms with Gasteiger partial charge in [-0.3, -0.25) is 9.78 Å². The topological polar surface area (TPSA) is 135 Å². The Hall–Kier alpha value is -4.26. The number of nitrogens with zero attached hydrogens (tertiary/aromatic N) is 4. The number of benzene rings is 1. The van der Waals surface area contributed by atoms with Gasteiger partial charge in [-0.2, -0.15) is 0 Å². The van der Waals surface area contributed by atoms with Crippen LogP contribution in [0.1, 0.15) is 43.9 Å². The molecule has 11 nitrogen and oxygen atoms in total. The number of aliphatic hydroxyl groups is 1. The number of aromatic nitrogens is 4. The minimum absolute atomic E-state index is 0.0967. The van der Waals surface area contributed by atoms with Crippen LogP contribution in [0.5, 0.6) is 11.6 Å². The summed E-state index contributed by atoms with van der Waals surface area (Å²) in [5, 5.41) is 20.8. The van der Waals surface area contributed by atoms with Crippen LogP contribution in [0.25, 0.3) is 39.3 Å². The average molecular weight is 717 g/mol. The van der Waals surface area contributed by atoms with Crippen LogP contribution in [0.3, 0.4) is 0 Å². The fraction of sp³-hybridized carbons (Fsp3) is 0.351. The molecule has 0 spiro atoms. The second-order valence-electron chi connectivity index (χ2n) is 13.2. The second-order valence-corrected chi connectivity index (χ2v) is 14.0. The van der Waals surface area contributed by atoms with E-state index < -0.39 is 5.60 Å². The van der Waals surface area contributed by atoms with Crippen molar-refractivity contribution >= 4 is 34.8 Å². The van der Waals surface area contributed by atoms with E-state index in [2.05, 4.69) is 20.9 Å². The standard InChI is InChI=1S/C37H39Cl2N7O4/c1-37(48)14-24(15-37)42-18-25-20-46-19-22(13-30(49-2)35(46)44-25)34-33(39)27(11-12-41-34)26-5-4-6-28(32(26)38)29-9-7-21(36(45-29)50-3)16-40-17-23-8-10-31(47)43-23/h4-7,9,11-13,19-20,23-24,40,42,48H,8,10,14-18H2,1-3H3,(H,43,47)/t23-,24-,37-/m0/s1. The molecule has 1 aliphatic carbocycles. The van der Waals surface area contributed by atoms with Crippen molar-refractivity contribution in [1.82, 2.24) is 35.3 Å². The van der Waals surface area contributed by atoms with Gasteiger partial charge < -0.3 is 34.9 Å². The Balaban J connectivity index is 1.14. The Labute approximate surface area is 300 Å². The molecule has 2 fully saturated rings. The zero-order valence-electron chi connectivity index (χ0n) is 28.1.